The lowest BCUT2D eigenvalue weighted by Crippen LogP contribution is -2.32. The van der Waals surface area contributed by atoms with E-state index in [9.17, 15) is 5.11 Å². The SMILES string of the molecule is CC(C)=CCCC(C)=CCCC(C)=CCCC1(C)C=Cc2c(C)c(O)c(C)c(C)c2O1. The molecule has 1 atom stereocenters. The number of rotatable bonds is 9. The topological polar surface area (TPSA) is 29.5 Å². The van der Waals surface area contributed by atoms with Crippen molar-refractivity contribution in [1.82, 2.24) is 0 Å². The summed E-state index contributed by atoms with van der Waals surface area (Å²) in [5.41, 5.74) is 7.88. The molecule has 1 aromatic rings. The first kappa shape index (κ1) is 25.0. The molecule has 2 nitrogen and oxygen atoms in total. The van der Waals surface area contributed by atoms with Crippen LogP contribution in [0.2, 0.25) is 0 Å². The molecule has 31 heavy (non-hydrogen) atoms. The van der Waals surface area contributed by atoms with Gasteiger partial charge in [-0.05, 0) is 111 Å². The summed E-state index contributed by atoms with van der Waals surface area (Å²) in [5.74, 6) is 1.31. The Hall–Kier alpha value is -2.22. The highest BCUT2D eigenvalue weighted by atomic mass is 16.5. The number of phenolic OH excluding ortho intramolecular Hbond substituents is 1. The van der Waals surface area contributed by atoms with Crippen molar-refractivity contribution in [3.8, 4) is 11.5 Å². The molecule has 0 spiro atoms. The quantitative estimate of drug-likeness (QED) is 0.403. The van der Waals surface area contributed by atoms with Crippen molar-refractivity contribution < 1.29 is 9.84 Å². The molecule has 0 saturated heterocycles. The number of hydrogen-bond donors (Lipinski definition) is 1. The molecule has 1 aliphatic heterocycles. The van der Waals surface area contributed by atoms with Crippen molar-refractivity contribution in [3.05, 3.63) is 63.3 Å². The Morgan fingerprint density at radius 2 is 1.45 bits per heavy atom. The van der Waals surface area contributed by atoms with E-state index in [0.717, 1.165) is 66.5 Å². The van der Waals surface area contributed by atoms with Gasteiger partial charge in [-0.25, -0.2) is 0 Å². The van der Waals surface area contributed by atoms with Crippen molar-refractivity contribution in [3.63, 3.8) is 0 Å². The lowest BCUT2D eigenvalue weighted by atomic mass is 9.90. The average molecular weight is 423 g/mol. The number of phenols is 1. The van der Waals surface area contributed by atoms with Gasteiger partial charge in [0.1, 0.15) is 17.1 Å². The number of allylic oxidation sites excluding steroid dienone is 6. The van der Waals surface area contributed by atoms with Crippen molar-refractivity contribution in [2.75, 3.05) is 0 Å². The Morgan fingerprint density at radius 1 is 0.871 bits per heavy atom. The minimum Gasteiger partial charge on any atom is -0.507 e. The van der Waals surface area contributed by atoms with Gasteiger partial charge in [0, 0.05) is 11.1 Å². The van der Waals surface area contributed by atoms with Crippen LogP contribution in [-0.2, 0) is 0 Å². The van der Waals surface area contributed by atoms with Crippen molar-refractivity contribution in [2.24, 2.45) is 0 Å². The number of aromatic hydroxyl groups is 1. The van der Waals surface area contributed by atoms with E-state index in [1.54, 1.807) is 0 Å². The normalized spacial score (nSPS) is 18.6. The van der Waals surface area contributed by atoms with Crippen LogP contribution in [0.15, 0.2) is 41.0 Å². The van der Waals surface area contributed by atoms with E-state index in [0.29, 0.717) is 5.75 Å². The number of ether oxygens (including phenoxy) is 1. The molecule has 2 rings (SSSR count). The van der Waals surface area contributed by atoms with Crippen molar-refractivity contribution in [1.29, 1.82) is 0 Å². The number of fused-ring (bicyclic) bond motifs is 1. The summed E-state index contributed by atoms with van der Waals surface area (Å²) in [5, 5.41) is 10.3. The van der Waals surface area contributed by atoms with E-state index in [4.69, 9.17) is 4.74 Å². The summed E-state index contributed by atoms with van der Waals surface area (Å²) in [7, 11) is 0. The molecular weight excluding hydrogens is 380 g/mol. The molecule has 1 heterocycles. The third kappa shape index (κ3) is 6.89. The molecule has 0 bridgehead atoms. The summed E-state index contributed by atoms with van der Waals surface area (Å²) >= 11 is 0. The molecular formula is C29H42O2. The number of benzene rings is 1. The summed E-state index contributed by atoms with van der Waals surface area (Å²) in [6.45, 7) is 16.9. The van der Waals surface area contributed by atoms with E-state index in [-0.39, 0.29) is 5.60 Å². The van der Waals surface area contributed by atoms with Gasteiger partial charge in [0.15, 0.2) is 0 Å². The fourth-order valence-electron chi connectivity index (χ4n) is 4.07. The molecule has 1 aliphatic rings. The van der Waals surface area contributed by atoms with Gasteiger partial charge >= 0.3 is 0 Å². The van der Waals surface area contributed by atoms with Gasteiger partial charge in [-0.1, -0.05) is 41.0 Å². The monoisotopic (exact) mass is 422 g/mol. The van der Waals surface area contributed by atoms with Crippen LogP contribution >= 0.6 is 0 Å². The molecule has 0 aliphatic carbocycles. The highest BCUT2D eigenvalue weighted by Crippen LogP contribution is 2.43. The highest BCUT2D eigenvalue weighted by Gasteiger charge is 2.30. The summed E-state index contributed by atoms with van der Waals surface area (Å²) < 4.78 is 6.47. The summed E-state index contributed by atoms with van der Waals surface area (Å²) in [6.07, 6.45) is 17.8. The maximum atomic E-state index is 10.3. The Kier molecular flexibility index (Phi) is 8.79. The Balaban J connectivity index is 1.90. The first-order valence-electron chi connectivity index (χ1n) is 11.7. The zero-order valence-electron chi connectivity index (χ0n) is 21.0. The predicted molar refractivity (Wildman–Crippen MR) is 135 cm³/mol. The van der Waals surface area contributed by atoms with Crippen LogP contribution in [-0.4, -0.2) is 10.7 Å². The van der Waals surface area contributed by atoms with Crippen LogP contribution in [0.5, 0.6) is 11.5 Å². The van der Waals surface area contributed by atoms with Crippen molar-refractivity contribution in [2.45, 2.75) is 99.5 Å². The standard InChI is InChI=1S/C29H42O2/c1-20(2)12-9-13-21(3)14-10-15-22(4)16-11-18-29(8)19-17-26-25(7)27(30)23(5)24(6)28(26)31-29/h12,14,16-17,19,30H,9-11,13,15,18H2,1-8H3. The van der Waals surface area contributed by atoms with Gasteiger partial charge < -0.3 is 9.84 Å². The van der Waals surface area contributed by atoms with E-state index in [1.165, 1.54) is 16.7 Å². The van der Waals surface area contributed by atoms with Crippen LogP contribution < -0.4 is 4.74 Å². The minimum absolute atomic E-state index is 0.314. The van der Waals surface area contributed by atoms with Crippen molar-refractivity contribution >= 4 is 6.08 Å². The molecule has 2 heteroatoms. The second-order valence-corrected chi connectivity index (χ2v) is 9.71. The predicted octanol–water partition coefficient (Wildman–Crippen LogP) is 8.68. The maximum absolute atomic E-state index is 10.3. The molecule has 0 amide bonds. The second-order valence-electron chi connectivity index (χ2n) is 9.71. The van der Waals surface area contributed by atoms with Crippen LogP contribution in [0.25, 0.3) is 6.08 Å². The minimum atomic E-state index is -0.314. The average Bonchev–Trinajstić information content (AvgIpc) is 2.70. The molecule has 170 valence electrons. The first-order valence-corrected chi connectivity index (χ1v) is 11.7. The largest absolute Gasteiger partial charge is 0.507 e. The molecule has 0 saturated carbocycles. The molecule has 1 N–H and O–H groups in total. The van der Waals surface area contributed by atoms with E-state index in [2.05, 4.69) is 65.0 Å². The lowest BCUT2D eigenvalue weighted by Gasteiger charge is -2.34. The molecule has 0 aromatic heterocycles. The zero-order valence-corrected chi connectivity index (χ0v) is 21.0. The highest BCUT2D eigenvalue weighted by molar-refractivity contribution is 5.71. The number of hydrogen-bond acceptors (Lipinski definition) is 2. The molecule has 1 aromatic carbocycles. The Morgan fingerprint density at radius 3 is 2.06 bits per heavy atom. The zero-order chi connectivity index (χ0) is 23.2. The smallest absolute Gasteiger partial charge is 0.131 e. The Labute approximate surface area is 190 Å². The summed E-state index contributed by atoms with van der Waals surface area (Å²) in [4.78, 5) is 0. The molecule has 1 unspecified atom stereocenters. The molecule has 0 fully saturated rings. The fraction of sp³-hybridized carbons (Fsp3) is 0.517. The Bertz CT molecular complexity index is 907. The fourth-order valence-corrected chi connectivity index (χ4v) is 4.07. The molecule has 0 radical (unpaired) electrons. The first-order chi connectivity index (χ1) is 14.5. The van der Waals surface area contributed by atoms with Crippen LogP contribution in [0.3, 0.4) is 0 Å². The van der Waals surface area contributed by atoms with Gasteiger partial charge in [-0.2, -0.15) is 0 Å². The summed E-state index contributed by atoms with van der Waals surface area (Å²) in [6, 6.07) is 0. The van der Waals surface area contributed by atoms with Gasteiger partial charge in [0.05, 0.1) is 0 Å². The maximum Gasteiger partial charge on any atom is 0.131 e. The van der Waals surface area contributed by atoms with Gasteiger partial charge in [0.25, 0.3) is 0 Å². The van der Waals surface area contributed by atoms with Crippen LogP contribution in [0, 0.1) is 20.8 Å². The van der Waals surface area contributed by atoms with Gasteiger partial charge in [-0.3, -0.25) is 0 Å². The van der Waals surface area contributed by atoms with Crippen LogP contribution in [0.1, 0.15) is 95.4 Å². The van der Waals surface area contributed by atoms with E-state index >= 15 is 0 Å². The van der Waals surface area contributed by atoms with E-state index in [1.807, 2.05) is 20.8 Å². The lowest BCUT2D eigenvalue weighted by molar-refractivity contribution is 0.127. The van der Waals surface area contributed by atoms with E-state index < -0.39 is 0 Å². The van der Waals surface area contributed by atoms with Gasteiger partial charge in [0.2, 0.25) is 0 Å². The van der Waals surface area contributed by atoms with Crippen LogP contribution in [0.4, 0.5) is 0 Å². The van der Waals surface area contributed by atoms with Gasteiger partial charge in [-0.15, -0.1) is 0 Å². The second kappa shape index (κ2) is 10.9. The third-order valence-electron chi connectivity index (χ3n) is 6.46. The third-order valence-corrected chi connectivity index (χ3v) is 6.46.